The molecule has 2 N–H and O–H groups in total. The molecule has 2 aromatic carbocycles. The number of allylic oxidation sites excluding steroid dienone is 3. The number of nitrogens with two attached hydrogens (primary N) is 1. The second-order valence-electron chi connectivity index (χ2n) is 7.22. The molecule has 0 fully saturated rings. The van der Waals surface area contributed by atoms with Crippen molar-refractivity contribution in [2.24, 2.45) is 5.73 Å². The van der Waals surface area contributed by atoms with Crippen LogP contribution in [0, 0.1) is 18.3 Å². The minimum atomic E-state index is -0.589. The number of hydrogen-bond acceptors (Lipinski definition) is 4. The summed E-state index contributed by atoms with van der Waals surface area (Å²) in [6.45, 7) is 2.03. The van der Waals surface area contributed by atoms with E-state index < -0.39 is 5.92 Å². The molecule has 0 saturated heterocycles. The predicted molar refractivity (Wildman–Crippen MR) is 107 cm³/mol. The van der Waals surface area contributed by atoms with E-state index in [1.54, 1.807) is 6.07 Å². The first-order chi connectivity index (χ1) is 13.5. The van der Waals surface area contributed by atoms with Crippen LogP contribution in [0.25, 0.3) is 0 Å². The van der Waals surface area contributed by atoms with Gasteiger partial charge in [0.1, 0.15) is 17.4 Å². The van der Waals surface area contributed by atoms with Crippen molar-refractivity contribution in [2.45, 2.75) is 31.6 Å². The van der Waals surface area contributed by atoms with Crippen LogP contribution in [0.3, 0.4) is 0 Å². The van der Waals surface area contributed by atoms with Gasteiger partial charge in [-0.1, -0.05) is 59.6 Å². The van der Waals surface area contributed by atoms with Crippen LogP contribution in [0.4, 0.5) is 0 Å². The van der Waals surface area contributed by atoms with E-state index in [0.29, 0.717) is 34.8 Å². The molecule has 1 heterocycles. The fourth-order valence-corrected chi connectivity index (χ4v) is 4.25. The van der Waals surface area contributed by atoms with Crippen LogP contribution in [0.2, 0.25) is 5.02 Å². The average molecular weight is 391 g/mol. The lowest BCUT2D eigenvalue weighted by atomic mass is 9.73. The Hall–Kier alpha value is -3.03. The molecular weight excluding hydrogens is 372 g/mol. The minimum absolute atomic E-state index is 0.0233. The maximum Gasteiger partial charge on any atom is 0.205 e. The Morgan fingerprint density at radius 3 is 2.54 bits per heavy atom. The lowest BCUT2D eigenvalue weighted by molar-refractivity contribution is -0.117. The van der Waals surface area contributed by atoms with Crippen LogP contribution >= 0.6 is 11.6 Å². The normalized spacial score (nSPS) is 21.8. The molecular formula is C23H19ClN2O2. The van der Waals surface area contributed by atoms with Crippen LogP contribution in [0.5, 0.6) is 0 Å². The van der Waals surface area contributed by atoms with Gasteiger partial charge in [0.2, 0.25) is 5.88 Å². The van der Waals surface area contributed by atoms with Crippen molar-refractivity contribution in [1.29, 1.82) is 5.26 Å². The van der Waals surface area contributed by atoms with E-state index in [2.05, 4.69) is 6.07 Å². The maximum atomic E-state index is 13.2. The van der Waals surface area contributed by atoms with Crippen molar-refractivity contribution in [3.8, 4) is 6.07 Å². The summed E-state index contributed by atoms with van der Waals surface area (Å²) in [5.74, 6) is -0.00661. The third kappa shape index (κ3) is 3.08. The number of halogens is 1. The van der Waals surface area contributed by atoms with Gasteiger partial charge in [0.05, 0.1) is 5.92 Å². The molecule has 1 aliphatic carbocycles. The summed E-state index contributed by atoms with van der Waals surface area (Å²) in [6, 6.07) is 17.5. The summed E-state index contributed by atoms with van der Waals surface area (Å²) < 4.78 is 5.78. The molecule has 2 atom stereocenters. The zero-order chi connectivity index (χ0) is 19.8. The number of Topliss-reactive ketones (excluding diaryl/α,β-unsaturated/α-hetero) is 1. The summed E-state index contributed by atoms with van der Waals surface area (Å²) in [7, 11) is 0. The van der Waals surface area contributed by atoms with Gasteiger partial charge in [0.15, 0.2) is 5.78 Å². The monoisotopic (exact) mass is 390 g/mol. The average Bonchev–Trinajstić information content (AvgIpc) is 2.68. The summed E-state index contributed by atoms with van der Waals surface area (Å²) in [6.07, 6.45) is 0.926. The molecule has 0 spiro atoms. The van der Waals surface area contributed by atoms with Gasteiger partial charge >= 0.3 is 0 Å². The van der Waals surface area contributed by atoms with E-state index in [4.69, 9.17) is 22.1 Å². The van der Waals surface area contributed by atoms with Crippen LogP contribution in [0.15, 0.2) is 71.3 Å². The largest absolute Gasteiger partial charge is 0.444 e. The number of hydrogen-bond donors (Lipinski definition) is 1. The molecule has 4 rings (SSSR count). The molecule has 2 aromatic rings. The quantitative estimate of drug-likeness (QED) is 0.794. The molecule has 28 heavy (non-hydrogen) atoms. The molecule has 0 bridgehead atoms. The first-order valence-corrected chi connectivity index (χ1v) is 9.52. The Balaban J connectivity index is 1.80. The number of benzene rings is 2. The zero-order valence-corrected chi connectivity index (χ0v) is 16.2. The fourth-order valence-electron chi connectivity index (χ4n) is 4.00. The molecule has 1 aliphatic heterocycles. The van der Waals surface area contributed by atoms with E-state index in [1.807, 2.05) is 49.4 Å². The lowest BCUT2D eigenvalue weighted by Crippen LogP contribution is -2.30. The van der Waals surface area contributed by atoms with E-state index in [1.165, 1.54) is 5.56 Å². The summed E-state index contributed by atoms with van der Waals surface area (Å²) in [5.41, 5.74) is 9.76. The number of rotatable bonds is 2. The van der Waals surface area contributed by atoms with Crippen molar-refractivity contribution in [3.63, 3.8) is 0 Å². The summed E-state index contributed by atoms with van der Waals surface area (Å²) >= 11 is 6.40. The Kier molecular flexibility index (Phi) is 4.70. The highest BCUT2D eigenvalue weighted by atomic mass is 35.5. The number of ketones is 1. The van der Waals surface area contributed by atoms with Gasteiger partial charge in [0, 0.05) is 23.4 Å². The highest BCUT2D eigenvalue weighted by molar-refractivity contribution is 6.31. The van der Waals surface area contributed by atoms with Crippen molar-refractivity contribution in [3.05, 3.63) is 93.0 Å². The smallest absolute Gasteiger partial charge is 0.205 e. The summed E-state index contributed by atoms with van der Waals surface area (Å²) in [5, 5.41) is 10.2. The number of carbonyl (C=O) groups is 1. The number of nitrogens with zero attached hydrogens (tertiary/aromatic N) is 1. The van der Waals surface area contributed by atoms with Gasteiger partial charge < -0.3 is 10.5 Å². The summed E-state index contributed by atoms with van der Waals surface area (Å²) in [4.78, 5) is 13.2. The van der Waals surface area contributed by atoms with Gasteiger partial charge in [-0.3, -0.25) is 4.79 Å². The highest BCUT2D eigenvalue weighted by Gasteiger charge is 2.41. The lowest BCUT2D eigenvalue weighted by Gasteiger charge is -2.34. The predicted octanol–water partition coefficient (Wildman–Crippen LogP) is 4.86. The fraction of sp³-hybridized carbons (Fsp3) is 0.217. The molecule has 5 heteroatoms. The van der Waals surface area contributed by atoms with Gasteiger partial charge in [-0.2, -0.15) is 5.26 Å². The Morgan fingerprint density at radius 2 is 1.86 bits per heavy atom. The third-order valence-corrected chi connectivity index (χ3v) is 5.77. The Labute approximate surface area is 168 Å². The van der Waals surface area contributed by atoms with E-state index >= 15 is 0 Å². The van der Waals surface area contributed by atoms with Crippen LogP contribution in [-0.4, -0.2) is 5.78 Å². The van der Waals surface area contributed by atoms with E-state index in [9.17, 15) is 10.1 Å². The van der Waals surface area contributed by atoms with Gasteiger partial charge in [-0.05, 0) is 30.0 Å². The van der Waals surface area contributed by atoms with Crippen LogP contribution in [-0.2, 0) is 9.53 Å². The molecule has 2 aliphatic rings. The van der Waals surface area contributed by atoms with Gasteiger partial charge in [0.25, 0.3) is 0 Å². The second kappa shape index (κ2) is 7.18. The molecule has 0 aromatic heterocycles. The second-order valence-corrected chi connectivity index (χ2v) is 7.63. The third-order valence-electron chi connectivity index (χ3n) is 5.43. The van der Waals surface area contributed by atoms with Gasteiger partial charge in [-0.15, -0.1) is 0 Å². The van der Waals surface area contributed by atoms with Crippen molar-refractivity contribution >= 4 is 17.4 Å². The van der Waals surface area contributed by atoms with E-state index in [-0.39, 0.29) is 23.2 Å². The topological polar surface area (TPSA) is 76.1 Å². The molecule has 2 unspecified atom stereocenters. The number of ether oxygens (including phenoxy) is 1. The maximum absolute atomic E-state index is 13.2. The van der Waals surface area contributed by atoms with Crippen molar-refractivity contribution < 1.29 is 9.53 Å². The van der Waals surface area contributed by atoms with Crippen molar-refractivity contribution in [1.82, 2.24) is 0 Å². The van der Waals surface area contributed by atoms with Gasteiger partial charge in [-0.25, -0.2) is 0 Å². The van der Waals surface area contributed by atoms with Crippen LogP contribution in [0.1, 0.15) is 41.4 Å². The standard InChI is InChI=1S/C23H19ClN2O2/c1-13-6-8-14(9-7-13)15-10-19(27)22-20(11-15)28-23(26)17(12-25)21(22)16-4-2-3-5-18(16)24/h2-9,15,21H,10-11,26H2,1H3. The highest BCUT2D eigenvalue weighted by Crippen LogP contribution is 2.47. The molecule has 140 valence electrons. The van der Waals surface area contributed by atoms with Crippen molar-refractivity contribution in [2.75, 3.05) is 0 Å². The minimum Gasteiger partial charge on any atom is -0.444 e. The first-order valence-electron chi connectivity index (χ1n) is 9.14. The zero-order valence-electron chi connectivity index (χ0n) is 15.4. The number of nitriles is 1. The molecule has 4 nitrogen and oxygen atoms in total. The van der Waals surface area contributed by atoms with Crippen LogP contribution < -0.4 is 5.73 Å². The van der Waals surface area contributed by atoms with E-state index in [0.717, 1.165) is 5.56 Å². The Bertz CT molecular complexity index is 1060. The molecule has 0 amide bonds. The Morgan fingerprint density at radius 1 is 1.14 bits per heavy atom. The first kappa shape index (κ1) is 18.3. The number of aryl methyl sites for hydroxylation is 1. The molecule has 0 radical (unpaired) electrons. The molecule has 0 saturated carbocycles. The number of carbonyl (C=O) groups excluding carboxylic acids is 1. The SMILES string of the molecule is Cc1ccc(C2CC(=O)C3=C(C2)OC(N)=C(C#N)C3c2ccccc2Cl)cc1.